The lowest BCUT2D eigenvalue weighted by atomic mass is 9.93. The summed E-state index contributed by atoms with van der Waals surface area (Å²) in [4.78, 5) is 13.0. The number of hydrogen-bond acceptors (Lipinski definition) is 7. The lowest BCUT2D eigenvalue weighted by Crippen LogP contribution is -2.36. The van der Waals surface area contributed by atoms with Gasteiger partial charge in [-0.1, -0.05) is 30.2 Å². The van der Waals surface area contributed by atoms with Crippen molar-refractivity contribution in [2.75, 3.05) is 10.6 Å². The van der Waals surface area contributed by atoms with Crippen LogP contribution in [-0.4, -0.2) is 32.2 Å². The van der Waals surface area contributed by atoms with Gasteiger partial charge in [0, 0.05) is 6.54 Å². The summed E-state index contributed by atoms with van der Waals surface area (Å²) in [7, 11) is 0. The molecule has 1 aliphatic rings. The first-order valence-electron chi connectivity index (χ1n) is 9.08. The van der Waals surface area contributed by atoms with Gasteiger partial charge in [-0.15, -0.1) is 6.42 Å². The number of aliphatic hydroxyl groups is 1. The Balaban J connectivity index is 1.45. The highest BCUT2D eigenvalue weighted by Gasteiger charge is 2.23. The highest BCUT2D eigenvalue weighted by atomic mass is 32.1. The van der Waals surface area contributed by atoms with Gasteiger partial charge in [0.2, 0.25) is 0 Å². The molecule has 7 heteroatoms. The molecule has 27 heavy (non-hydrogen) atoms. The van der Waals surface area contributed by atoms with E-state index in [4.69, 9.17) is 6.42 Å². The SMILES string of the molecule is C#Cc1cncc(NCc2ccc3nc(N[C@@H]4CCCC[C@H]4O)sc3c2)n1. The van der Waals surface area contributed by atoms with E-state index in [-0.39, 0.29) is 12.1 Å². The van der Waals surface area contributed by atoms with Crippen molar-refractivity contribution in [3.05, 3.63) is 41.9 Å². The van der Waals surface area contributed by atoms with Gasteiger partial charge < -0.3 is 15.7 Å². The predicted molar refractivity (Wildman–Crippen MR) is 109 cm³/mol. The fraction of sp³-hybridized carbons (Fsp3) is 0.350. The van der Waals surface area contributed by atoms with Crippen molar-refractivity contribution in [2.24, 2.45) is 0 Å². The third-order valence-corrected chi connectivity index (χ3v) is 5.70. The molecule has 3 aromatic rings. The molecule has 2 aromatic heterocycles. The van der Waals surface area contributed by atoms with Crippen LogP contribution >= 0.6 is 11.3 Å². The van der Waals surface area contributed by atoms with E-state index in [0.717, 1.165) is 46.6 Å². The van der Waals surface area contributed by atoms with Crippen LogP contribution in [0.3, 0.4) is 0 Å². The van der Waals surface area contributed by atoms with E-state index in [1.54, 1.807) is 23.7 Å². The fourth-order valence-corrected chi connectivity index (χ4v) is 4.28. The van der Waals surface area contributed by atoms with Gasteiger partial charge in [-0.25, -0.2) is 9.97 Å². The van der Waals surface area contributed by atoms with Gasteiger partial charge >= 0.3 is 0 Å². The van der Waals surface area contributed by atoms with E-state index in [9.17, 15) is 5.11 Å². The number of nitrogens with one attached hydrogen (secondary N) is 2. The average Bonchev–Trinajstić information content (AvgIpc) is 3.10. The molecule has 1 saturated carbocycles. The first kappa shape index (κ1) is 17.7. The molecule has 0 unspecified atom stereocenters. The Morgan fingerprint density at radius 3 is 2.96 bits per heavy atom. The van der Waals surface area contributed by atoms with E-state index in [1.807, 2.05) is 12.1 Å². The zero-order valence-electron chi connectivity index (χ0n) is 14.9. The van der Waals surface area contributed by atoms with Crippen LogP contribution in [-0.2, 0) is 6.54 Å². The lowest BCUT2D eigenvalue weighted by Gasteiger charge is -2.27. The molecule has 4 rings (SSSR count). The molecule has 0 bridgehead atoms. The maximum Gasteiger partial charge on any atom is 0.184 e. The zero-order valence-corrected chi connectivity index (χ0v) is 15.7. The molecular weight excluding hydrogens is 358 g/mol. The van der Waals surface area contributed by atoms with Crippen LogP contribution in [0.5, 0.6) is 0 Å². The Morgan fingerprint density at radius 2 is 2.11 bits per heavy atom. The number of rotatable bonds is 5. The molecule has 1 fully saturated rings. The fourth-order valence-electron chi connectivity index (χ4n) is 3.29. The Hall–Kier alpha value is -2.69. The molecule has 3 N–H and O–H groups in total. The van der Waals surface area contributed by atoms with Crippen LogP contribution in [0.4, 0.5) is 10.9 Å². The highest BCUT2D eigenvalue weighted by molar-refractivity contribution is 7.22. The van der Waals surface area contributed by atoms with Crippen LogP contribution in [0.15, 0.2) is 30.6 Å². The Morgan fingerprint density at radius 1 is 1.22 bits per heavy atom. The average molecular weight is 379 g/mol. The van der Waals surface area contributed by atoms with Gasteiger partial charge in [-0.2, -0.15) is 0 Å². The van der Waals surface area contributed by atoms with Gasteiger partial charge in [0.1, 0.15) is 11.5 Å². The number of benzene rings is 1. The Bertz CT molecular complexity index is 980. The molecule has 6 nitrogen and oxygen atoms in total. The first-order valence-corrected chi connectivity index (χ1v) is 9.89. The predicted octanol–water partition coefficient (Wildman–Crippen LogP) is 3.40. The van der Waals surface area contributed by atoms with Crippen molar-refractivity contribution in [3.8, 4) is 12.3 Å². The smallest absolute Gasteiger partial charge is 0.184 e. The van der Waals surface area contributed by atoms with Gasteiger partial charge in [0.25, 0.3) is 0 Å². The quantitative estimate of drug-likeness (QED) is 0.590. The summed E-state index contributed by atoms with van der Waals surface area (Å²) in [6.45, 7) is 0.626. The van der Waals surface area contributed by atoms with E-state index in [2.05, 4.69) is 37.6 Å². The molecule has 0 amide bonds. The van der Waals surface area contributed by atoms with E-state index in [1.165, 1.54) is 0 Å². The molecule has 138 valence electrons. The van der Waals surface area contributed by atoms with Crippen molar-refractivity contribution in [1.29, 1.82) is 0 Å². The summed E-state index contributed by atoms with van der Waals surface area (Å²) < 4.78 is 1.12. The summed E-state index contributed by atoms with van der Waals surface area (Å²) in [5.74, 6) is 3.14. The zero-order chi connectivity index (χ0) is 18.6. The maximum atomic E-state index is 10.1. The molecular formula is C20H21N5OS. The highest BCUT2D eigenvalue weighted by Crippen LogP contribution is 2.30. The number of thiazole rings is 1. The summed E-state index contributed by atoms with van der Waals surface area (Å²) in [6.07, 6.45) is 12.4. The van der Waals surface area contributed by atoms with E-state index in [0.29, 0.717) is 18.1 Å². The molecule has 2 heterocycles. The van der Waals surface area contributed by atoms with Crippen LogP contribution in [0.25, 0.3) is 10.2 Å². The van der Waals surface area contributed by atoms with Gasteiger partial charge in [0.15, 0.2) is 5.13 Å². The monoisotopic (exact) mass is 379 g/mol. The number of aromatic nitrogens is 3. The summed E-state index contributed by atoms with van der Waals surface area (Å²) in [6, 6.07) is 6.30. The van der Waals surface area contributed by atoms with Crippen LogP contribution in [0, 0.1) is 12.3 Å². The minimum absolute atomic E-state index is 0.0995. The minimum Gasteiger partial charge on any atom is -0.391 e. The molecule has 0 spiro atoms. The van der Waals surface area contributed by atoms with Crippen molar-refractivity contribution < 1.29 is 5.11 Å². The maximum absolute atomic E-state index is 10.1. The molecule has 2 atom stereocenters. The van der Waals surface area contributed by atoms with Crippen molar-refractivity contribution in [2.45, 2.75) is 44.4 Å². The van der Waals surface area contributed by atoms with Gasteiger partial charge in [0.05, 0.1) is 34.8 Å². The largest absolute Gasteiger partial charge is 0.391 e. The van der Waals surface area contributed by atoms with Crippen LogP contribution in [0.2, 0.25) is 0 Å². The van der Waals surface area contributed by atoms with Crippen molar-refractivity contribution in [1.82, 2.24) is 15.0 Å². The topological polar surface area (TPSA) is 83.0 Å². The number of anilines is 2. The molecule has 1 aliphatic carbocycles. The Kier molecular flexibility index (Phi) is 5.19. The summed E-state index contributed by atoms with van der Waals surface area (Å²) in [5, 5.41) is 17.7. The minimum atomic E-state index is -0.287. The molecule has 1 aromatic carbocycles. The third-order valence-electron chi connectivity index (χ3n) is 4.75. The standard InChI is InChI=1S/C20H21N5OS/c1-2-14-11-21-12-19(23-14)22-10-13-7-8-16-18(9-13)27-20(25-16)24-15-5-3-4-6-17(15)26/h1,7-9,11-12,15,17,26H,3-6,10H2,(H,22,23)(H,24,25)/t15-,17-/m1/s1. The summed E-state index contributed by atoms with van der Waals surface area (Å²) in [5.41, 5.74) is 2.60. The first-order chi connectivity index (χ1) is 13.2. The molecule has 0 aliphatic heterocycles. The van der Waals surface area contributed by atoms with Crippen molar-refractivity contribution >= 4 is 32.5 Å². The van der Waals surface area contributed by atoms with E-state index >= 15 is 0 Å². The number of nitrogens with zero attached hydrogens (tertiary/aromatic N) is 3. The Labute approximate surface area is 162 Å². The van der Waals surface area contributed by atoms with E-state index < -0.39 is 0 Å². The van der Waals surface area contributed by atoms with Gasteiger partial charge in [-0.05, 0) is 36.5 Å². The second kappa shape index (κ2) is 7.91. The third kappa shape index (κ3) is 4.18. The lowest BCUT2D eigenvalue weighted by molar-refractivity contribution is 0.116. The number of aliphatic hydroxyl groups excluding tert-OH is 1. The molecule has 0 radical (unpaired) electrons. The van der Waals surface area contributed by atoms with Crippen LogP contribution in [0.1, 0.15) is 36.9 Å². The summed E-state index contributed by atoms with van der Waals surface area (Å²) >= 11 is 1.62. The van der Waals surface area contributed by atoms with Crippen molar-refractivity contribution in [3.63, 3.8) is 0 Å². The number of hydrogen-bond donors (Lipinski definition) is 3. The second-order valence-electron chi connectivity index (χ2n) is 6.71. The molecule has 0 saturated heterocycles. The normalized spacial score (nSPS) is 19.6. The number of fused-ring (bicyclic) bond motifs is 1. The second-order valence-corrected chi connectivity index (χ2v) is 7.74. The van der Waals surface area contributed by atoms with Gasteiger partial charge in [-0.3, -0.25) is 4.98 Å². The number of terminal acetylenes is 1. The van der Waals surface area contributed by atoms with Crippen LogP contribution < -0.4 is 10.6 Å².